The van der Waals surface area contributed by atoms with Gasteiger partial charge in [0.1, 0.15) is 16.1 Å². The molecule has 0 amide bonds. The van der Waals surface area contributed by atoms with Gasteiger partial charge >= 0.3 is 28.9 Å². The van der Waals surface area contributed by atoms with E-state index in [9.17, 15) is 72.0 Å². The summed E-state index contributed by atoms with van der Waals surface area (Å²) in [6.45, 7) is 0.801. The first kappa shape index (κ1) is 59.8. The number of hydrogen-bond acceptors (Lipinski definition) is 20. The Morgan fingerprint density at radius 2 is 0.890 bits per heavy atom. The van der Waals surface area contributed by atoms with E-state index in [2.05, 4.69) is 42.7 Å². The third-order valence-electron chi connectivity index (χ3n) is 11.1. The lowest BCUT2D eigenvalue weighted by molar-refractivity contribution is -0.139. The second-order valence-corrected chi connectivity index (χ2v) is 23.0. The van der Waals surface area contributed by atoms with E-state index in [4.69, 9.17) is 32.0 Å². The van der Waals surface area contributed by atoms with E-state index < -0.39 is 91.8 Å². The van der Waals surface area contributed by atoms with Crippen LogP contribution in [0.25, 0.3) is 0 Å². The molecule has 4 saturated heterocycles. The number of rotatable bonds is 8. The number of nitrogens with zero attached hydrogens (tertiary/aromatic N) is 4. The highest BCUT2D eigenvalue weighted by atomic mass is 79.9. The second kappa shape index (κ2) is 26.1. The van der Waals surface area contributed by atoms with Crippen LogP contribution in [-0.2, 0) is 6.18 Å². The van der Waals surface area contributed by atoms with E-state index in [1.54, 1.807) is 11.9 Å². The summed E-state index contributed by atoms with van der Waals surface area (Å²) >= 11 is 13.6. The lowest BCUT2D eigenvalue weighted by atomic mass is 10.2. The van der Waals surface area contributed by atoms with Gasteiger partial charge in [0.15, 0.2) is 0 Å². The number of aliphatic hydroxyl groups is 8. The summed E-state index contributed by atoms with van der Waals surface area (Å²) in [4.78, 5) is 99.6. The van der Waals surface area contributed by atoms with E-state index in [0.717, 1.165) is 16.3 Å². The van der Waals surface area contributed by atoms with Crippen LogP contribution in [0, 0.1) is 11.8 Å². The van der Waals surface area contributed by atoms with Gasteiger partial charge in [0, 0.05) is 50.5 Å². The van der Waals surface area contributed by atoms with Crippen molar-refractivity contribution in [2.75, 3.05) is 26.4 Å². The zero-order valence-electron chi connectivity index (χ0n) is 37.5. The summed E-state index contributed by atoms with van der Waals surface area (Å²) in [6, 6.07) is 0. The van der Waals surface area contributed by atoms with Crippen molar-refractivity contribution in [1.82, 2.24) is 38.2 Å². The van der Waals surface area contributed by atoms with Crippen molar-refractivity contribution in [3.8, 4) is 11.8 Å². The van der Waals surface area contributed by atoms with Crippen LogP contribution < -0.4 is 45.0 Å². The Hall–Kier alpha value is -4.08. The first-order valence-corrected chi connectivity index (χ1v) is 26.3. The number of aromatic nitrogens is 8. The highest BCUT2D eigenvalue weighted by molar-refractivity contribution is 9.10. The van der Waals surface area contributed by atoms with Crippen molar-refractivity contribution in [3.63, 3.8) is 0 Å². The summed E-state index contributed by atoms with van der Waals surface area (Å²) in [6.07, 6.45) is -2.21. The maximum absolute atomic E-state index is 12.6. The smallest absolute Gasteiger partial charge is 0.395 e. The molecule has 0 spiro atoms. The topological polar surface area (TPSA) is 381 Å². The highest BCUT2D eigenvalue weighted by Gasteiger charge is 2.40. The SMILES string of the molecule is CC#Cc1cn([C@H]2C[C@H](O)[C@@H](CO)S2)c(=O)[nH]c1=O.O=c1[nH]c(=O)n([C@H]2C[C@H](O)[C@@H](CO)S2)cc1Br.O=c1[nH]c(=O)n([C@H]2C[C@H](O)[C@@H](CO)S2)cc1C(F)(F)F.O=c1[nH]c(=O)n([C@H]2C[C@H](O)[C@@H](CO)S2)cc1Cl. The molecule has 402 valence electrons. The summed E-state index contributed by atoms with van der Waals surface area (Å²) in [5.41, 5.74) is -6.97. The predicted molar refractivity (Wildman–Crippen MR) is 268 cm³/mol. The molecule has 33 heteroatoms. The van der Waals surface area contributed by atoms with E-state index in [1.165, 1.54) is 67.6 Å². The number of nitrogens with one attached hydrogen (secondary N) is 4. The maximum atomic E-state index is 12.6. The van der Waals surface area contributed by atoms with Gasteiger partial charge in [-0.25, -0.2) is 19.2 Å². The molecule has 0 bridgehead atoms. The minimum Gasteiger partial charge on any atom is -0.395 e. The van der Waals surface area contributed by atoms with Crippen LogP contribution in [0.15, 0.2) is 67.6 Å². The quantitative estimate of drug-likeness (QED) is 0.0883. The van der Waals surface area contributed by atoms with Crippen molar-refractivity contribution in [3.05, 3.63) is 129 Å². The van der Waals surface area contributed by atoms with Crippen LogP contribution in [0.2, 0.25) is 5.02 Å². The molecule has 0 saturated carbocycles. The Morgan fingerprint density at radius 1 is 0.562 bits per heavy atom. The molecule has 24 nitrogen and oxygen atoms in total. The highest BCUT2D eigenvalue weighted by Crippen LogP contribution is 2.43. The number of alkyl halides is 3. The third-order valence-corrected chi connectivity index (χ3v) is 18.1. The summed E-state index contributed by atoms with van der Waals surface area (Å²) in [5.74, 6) is 5.24. The van der Waals surface area contributed by atoms with Crippen LogP contribution in [0.1, 0.15) is 65.2 Å². The van der Waals surface area contributed by atoms with E-state index in [1.807, 2.05) is 0 Å². The number of hydrogen-bond donors (Lipinski definition) is 12. The van der Waals surface area contributed by atoms with Gasteiger partial charge in [-0.1, -0.05) is 17.5 Å². The second-order valence-electron chi connectivity index (χ2n) is 16.0. The number of halogens is 5. The molecule has 0 aromatic carbocycles. The van der Waals surface area contributed by atoms with Crippen LogP contribution in [0.3, 0.4) is 0 Å². The van der Waals surface area contributed by atoms with Gasteiger partial charge in [0.2, 0.25) is 0 Å². The van der Waals surface area contributed by atoms with Crippen molar-refractivity contribution >= 4 is 74.6 Å². The third kappa shape index (κ3) is 14.9. The lowest BCUT2D eigenvalue weighted by Crippen LogP contribution is -2.35. The Morgan fingerprint density at radius 3 is 1.25 bits per heavy atom. The number of thioether (sulfide) groups is 4. The fourth-order valence-electron chi connectivity index (χ4n) is 7.37. The fourth-order valence-corrected chi connectivity index (χ4v) is 13.4. The lowest BCUT2D eigenvalue weighted by Gasteiger charge is -2.15. The van der Waals surface area contributed by atoms with Crippen LogP contribution in [0.5, 0.6) is 0 Å². The Balaban J connectivity index is 0.000000181. The van der Waals surface area contributed by atoms with E-state index >= 15 is 0 Å². The molecule has 8 rings (SSSR count). The first-order chi connectivity index (χ1) is 34.3. The first-order valence-electron chi connectivity index (χ1n) is 21.4. The normalized spacial score (nSPS) is 27.4. The zero-order chi connectivity index (χ0) is 54.2. The molecule has 0 radical (unpaired) electrons. The monoisotopic (exact) mass is 1190 g/mol. The van der Waals surface area contributed by atoms with Gasteiger partial charge in [-0.15, -0.1) is 53.0 Å². The molecule has 0 unspecified atom stereocenters. The molecule has 4 aliphatic heterocycles. The molecule has 4 aromatic heterocycles. The van der Waals surface area contributed by atoms with Gasteiger partial charge < -0.3 is 40.9 Å². The largest absolute Gasteiger partial charge is 0.423 e. The Bertz CT molecular complexity index is 3050. The average Bonchev–Trinajstić information content (AvgIpc) is 4.11. The van der Waals surface area contributed by atoms with Crippen molar-refractivity contribution in [2.24, 2.45) is 0 Å². The van der Waals surface area contributed by atoms with Crippen molar-refractivity contribution in [1.29, 1.82) is 0 Å². The molecule has 73 heavy (non-hydrogen) atoms. The van der Waals surface area contributed by atoms with Crippen molar-refractivity contribution in [2.45, 2.75) is 106 Å². The minimum atomic E-state index is -4.87. The van der Waals surface area contributed by atoms with Gasteiger partial charge in [0.25, 0.3) is 22.2 Å². The van der Waals surface area contributed by atoms with Crippen LogP contribution in [-0.4, -0.2) is 151 Å². The zero-order valence-corrected chi connectivity index (χ0v) is 43.2. The van der Waals surface area contributed by atoms with Crippen LogP contribution in [0.4, 0.5) is 13.2 Å². The summed E-state index contributed by atoms with van der Waals surface area (Å²) in [5, 5.41) is 71.5. The molecule has 12 atom stereocenters. The molecule has 0 aliphatic carbocycles. The number of aliphatic hydroxyl groups excluding tert-OH is 8. The Kier molecular flexibility index (Phi) is 21.4. The fraction of sp³-hybridized carbons (Fsp3) is 0.550. The molecule has 4 fully saturated rings. The van der Waals surface area contributed by atoms with Crippen molar-refractivity contribution < 1.29 is 54.0 Å². The molecule has 4 aliphatic rings. The van der Waals surface area contributed by atoms with E-state index in [0.29, 0.717) is 25.5 Å². The minimum absolute atomic E-state index is 0.0130. The predicted octanol–water partition coefficient (Wildman–Crippen LogP) is -1.62. The molecule has 12 N–H and O–H groups in total. The molecule has 8 heterocycles. The van der Waals surface area contributed by atoms with Gasteiger partial charge in [-0.3, -0.25) is 57.4 Å². The number of aromatic amines is 4. The maximum Gasteiger partial charge on any atom is 0.423 e. The van der Waals surface area contributed by atoms with Crippen LogP contribution >= 0.6 is 74.6 Å². The van der Waals surface area contributed by atoms with E-state index in [-0.39, 0.29) is 79.8 Å². The Labute approximate surface area is 437 Å². The molecular weight excluding hydrogens is 1150 g/mol. The van der Waals surface area contributed by atoms with Gasteiger partial charge in [-0.05, 0) is 22.9 Å². The summed E-state index contributed by atoms with van der Waals surface area (Å²) < 4.78 is 42.9. The number of H-pyrrole nitrogens is 4. The molecular formula is C40H47BrClF3N8O16S4. The molecule has 4 aromatic rings. The summed E-state index contributed by atoms with van der Waals surface area (Å²) in [7, 11) is 0. The standard InChI is InChI=1S/C12H14N2O4S.C10H11F3N2O4S.C9H11BrN2O4S.C9H11ClN2O4S/c1-2-3-7-5-14(12(18)13-11(7)17)10-4-8(16)9(6-15)19-10;11-10(12,13)4-2-15(9(19)14-8(4)18)7-1-5(17)6(3-16)20-7;2*10-4-2-12(9(16)11-8(4)15)7-1-5(14)6(3-13)17-7/h5,8-10,15-16H,4,6H2,1H3,(H,13,17,18);2,5-7,16-17H,1,3H2,(H,14,18,19);2*2,5-7,13-14H,1,3H2,(H,11,15,16)/t8-,9+,10+;3*5-,6+,7+/m0000/s1. The van der Waals surface area contributed by atoms with Gasteiger partial charge in [0.05, 0.1) is 97.8 Å². The van der Waals surface area contributed by atoms with Gasteiger partial charge in [-0.2, -0.15) is 13.2 Å². The average molecular weight is 1200 g/mol.